The minimum absolute atomic E-state index is 0.126. The van der Waals surface area contributed by atoms with Crippen molar-refractivity contribution in [2.75, 3.05) is 11.8 Å². The first-order chi connectivity index (χ1) is 11.4. The van der Waals surface area contributed by atoms with Crippen LogP contribution in [0.15, 0.2) is 58.2 Å². The normalized spacial score (nSPS) is 11.4. The molecule has 0 saturated heterocycles. The van der Waals surface area contributed by atoms with Crippen molar-refractivity contribution < 1.29 is 13.2 Å². The first kappa shape index (κ1) is 16.1. The van der Waals surface area contributed by atoms with Crippen molar-refractivity contribution in [3.63, 3.8) is 0 Å². The van der Waals surface area contributed by atoms with Gasteiger partial charge in [0.15, 0.2) is 0 Å². The van der Waals surface area contributed by atoms with Gasteiger partial charge in [-0.3, -0.25) is 9.52 Å². The molecule has 0 bridgehead atoms. The zero-order valence-electron chi connectivity index (χ0n) is 13.2. The molecule has 2 aromatic carbocycles. The molecule has 0 aliphatic heterocycles. The predicted octanol–water partition coefficient (Wildman–Crippen LogP) is 2.65. The number of anilines is 1. The van der Waals surface area contributed by atoms with Crippen LogP contribution in [0.1, 0.15) is 5.56 Å². The van der Waals surface area contributed by atoms with Crippen LogP contribution in [0.2, 0.25) is 0 Å². The molecule has 24 heavy (non-hydrogen) atoms. The first-order valence-electron chi connectivity index (χ1n) is 7.19. The van der Waals surface area contributed by atoms with Gasteiger partial charge in [-0.05, 0) is 54.8 Å². The van der Waals surface area contributed by atoms with Crippen LogP contribution in [0.5, 0.6) is 5.75 Å². The number of nitrogens with one attached hydrogen (secondary N) is 2. The van der Waals surface area contributed by atoms with E-state index in [-0.39, 0.29) is 10.5 Å². The third kappa shape index (κ3) is 3.11. The van der Waals surface area contributed by atoms with Crippen LogP contribution in [-0.4, -0.2) is 20.5 Å². The highest BCUT2D eigenvalue weighted by Gasteiger charge is 2.14. The van der Waals surface area contributed by atoms with E-state index >= 15 is 0 Å². The van der Waals surface area contributed by atoms with Crippen molar-refractivity contribution in [3.8, 4) is 5.75 Å². The van der Waals surface area contributed by atoms with Gasteiger partial charge < -0.3 is 9.72 Å². The van der Waals surface area contributed by atoms with Gasteiger partial charge in [-0.2, -0.15) is 0 Å². The Morgan fingerprint density at radius 2 is 1.75 bits per heavy atom. The molecule has 0 amide bonds. The second-order valence-corrected chi connectivity index (χ2v) is 7.05. The van der Waals surface area contributed by atoms with Gasteiger partial charge in [-0.25, -0.2) is 8.42 Å². The number of hydrogen-bond donors (Lipinski definition) is 2. The Morgan fingerprint density at radius 1 is 1.04 bits per heavy atom. The van der Waals surface area contributed by atoms with E-state index in [1.807, 2.05) is 0 Å². The number of aryl methyl sites for hydroxylation is 1. The average Bonchev–Trinajstić information content (AvgIpc) is 2.56. The fraction of sp³-hybridized carbons (Fsp3) is 0.118. The Kier molecular flexibility index (Phi) is 4.02. The summed E-state index contributed by atoms with van der Waals surface area (Å²) in [6, 6.07) is 12.9. The van der Waals surface area contributed by atoms with Crippen LogP contribution >= 0.6 is 0 Å². The Balaban J connectivity index is 1.95. The number of H-pyrrole nitrogens is 1. The van der Waals surface area contributed by atoms with Crippen LogP contribution in [0, 0.1) is 6.92 Å². The van der Waals surface area contributed by atoms with E-state index in [9.17, 15) is 13.2 Å². The summed E-state index contributed by atoms with van der Waals surface area (Å²) < 4.78 is 32.4. The fourth-order valence-corrected chi connectivity index (χ4v) is 3.39. The molecule has 0 spiro atoms. The summed E-state index contributed by atoms with van der Waals surface area (Å²) >= 11 is 0. The summed E-state index contributed by atoms with van der Waals surface area (Å²) in [6.45, 7) is 1.72. The van der Waals surface area contributed by atoms with E-state index in [4.69, 9.17) is 4.74 Å². The molecule has 1 aromatic heterocycles. The molecule has 0 radical (unpaired) electrons. The number of methoxy groups -OCH3 is 1. The van der Waals surface area contributed by atoms with Gasteiger partial charge in [0.25, 0.3) is 15.6 Å². The minimum atomic E-state index is -3.72. The van der Waals surface area contributed by atoms with Crippen molar-refractivity contribution in [1.29, 1.82) is 0 Å². The van der Waals surface area contributed by atoms with E-state index < -0.39 is 10.0 Å². The quantitative estimate of drug-likeness (QED) is 0.761. The topological polar surface area (TPSA) is 88.3 Å². The molecule has 124 valence electrons. The number of fused-ring (bicyclic) bond motifs is 1. The number of benzene rings is 2. The van der Waals surface area contributed by atoms with Crippen molar-refractivity contribution in [3.05, 3.63) is 64.4 Å². The molecule has 0 unspecified atom stereocenters. The number of aromatic nitrogens is 1. The molecule has 3 aromatic rings. The van der Waals surface area contributed by atoms with Crippen LogP contribution < -0.4 is 15.0 Å². The number of pyridine rings is 1. The van der Waals surface area contributed by atoms with Gasteiger partial charge in [-0.1, -0.05) is 6.07 Å². The lowest BCUT2D eigenvalue weighted by atomic mass is 10.1. The molecular weight excluding hydrogens is 328 g/mol. The SMILES string of the molecule is COc1ccc(S(=O)(=O)Nc2ccc3cc(C)c(=O)[nH]c3c2)cc1. The number of aromatic amines is 1. The summed E-state index contributed by atoms with van der Waals surface area (Å²) in [6.07, 6.45) is 0. The maximum atomic E-state index is 12.4. The molecule has 0 saturated carbocycles. The molecule has 6 nitrogen and oxygen atoms in total. The minimum Gasteiger partial charge on any atom is -0.497 e. The molecule has 2 N–H and O–H groups in total. The lowest BCUT2D eigenvalue weighted by molar-refractivity contribution is 0.414. The smallest absolute Gasteiger partial charge is 0.261 e. The van der Waals surface area contributed by atoms with E-state index in [2.05, 4.69) is 9.71 Å². The Morgan fingerprint density at radius 3 is 2.42 bits per heavy atom. The molecule has 0 fully saturated rings. The second kappa shape index (κ2) is 6.01. The number of sulfonamides is 1. The zero-order valence-corrected chi connectivity index (χ0v) is 14.0. The standard InChI is InChI=1S/C17H16N2O4S/c1-11-9-12-3-4-13(10-16(12)18-17(11)20)19-24(21,22)15-7-5-14(23-2)6-8-15/h3-10,19H,1-2H3,(H,18,20). The lowest BCUT2D eigenvalue weighted by Crippen LogP contribution is -2.13. The van der Waals surface area contributed by atoms with Crippen molar-refractivity contribution in [1.82, 2.24) is 4.98 Å². The number of rotatable bonds is 4. The second-order valence-electron chi connectivity index (χ2n) is 5.36. The Labute approximate surface area is 139 Å². The zero-order chi connectivity index (χ0) is 17.3. The van der Waals surface area contributed by atoms with E-state index in [0.29, 0.717) is 22.5 Å². The van der Waals surface area contributed by atoms with Gasteiger partial charge in [-0.15, -0.1) is 0 Å². The lowest BCUT2D eigenvalue weighted by Gasteiger charge is -2.10. The van der Waals surface area contributed by atoms with Gasteiger partial charge in [0.1, 0.15) is 5.75 Å². The largest absolute Gasteiger partial charge is 0.497 e. The highest BCUT2D eigenvalue weighted by atomic mass is 32.2. The number of ether oxygens (including phenoxy) is 1. The summed E-state index contributed by atoms with van der Waals surface area (Å²) in [7, 11) is -2.21. The number of hydrogen-bond acceptors (Lipinski definition) is 4. The highest BCUT2D eigenvalue weighted by molar-refractivity contribution is 7.92. The monoisotopic (exact) mass is 344 g/mol. The summed E-state index contributed by atoms with van der Waals surface area (Å²) in [5, 5.41) is 0.833. The van der Waals surface area contributed by atoms with E-state index in [0.717, 1.165) is 5.39 Å². The first-order valence-corrected chi connectivity index (χ1v) is 8.68. The van der Waals surface area contributed by atoms with Crippen LogP contribution in [0.4, 0.5) is 5.69 Å². The molecule has 3 rings (SSSR count). The maximum absolute atomic E-state index is 12.4. The fourth-order valence-electron chi connectivity index (χ4n) is 2.34. The highest BCUT2D eigenvalue weighted by Crippen LogP contribution is 2.21. The van der Waals surface area contributed by atoms with Gasteiger partial charge in [0, 0.05) is 5.56 Å². The Hall–Kier alpha value is -2.80. The molecule has 1 heterocycles. The molecular formula is C17H16N2O4S. The van der Waals surface area contributed by atoms with Crippen LogP contribution in [0.3, 0.4) is 0 Å². The van der Waals surface area contributed by atoms with Crippen molar-refractivity contribution in [2.24, 2.45) is 0 Å². The molecule has 0 atom stereocenters. The average molecular weight is 344 g/mol. The third-order valence-electron chi connectivity index (χ3n) is 3.65. The third-order valence-corrected chi connectivity index (χ3v) is 5.05. The Bertz CT molecular complexity index is 1050. The molecule has 0 aliphatic carbocycles. The molecule has 0 aliphatic rings. The van der Waals surface area contributed by atoms with Crippen LogP contribution in [0.25, 0.3) is 10.9 Å². The predicted molar refractivity (Wildman–Crippen MR) is 93.1 cm³/mol. The van der Waals surface area contributed by atoms with E-state index in [1.54, 1.807) is 43.3 Å². The van der Waals surface area contributed by atoms with E-state index in [1.165, 1.54) is 19.2 Å². The summed E-state index contributed by atoms with van der Waals surface area (Å²) in [5.41, 5.74) is 1.35. The summed E-state index contributed by atoms with van der Waals surface area (Å²) in [4.78, 5) is 14.6. The van der Waals surface area contributed by atoms with Crippen molar-refractivity contribution in [2.45, 2.75) is 11.8 Å². The summed E-state index contributed by atoms with van der Waals surface area (Å²) in [5.74, 6) is 0.576. The molecule has 7 heteroatoms. The maximum Gasteiger partial charge on any atom is 0.261 e. The van der Waals surface area contributed by atoms with Gasteiger partial charge in [0.05, 0.1) is 23.2 Å². The van der Waals surface area contributed by atoms with Crippen LogP contribution in [-0.2, 0) is 10.0 Å². The van der Waals surface area contributed by atoms with Crippen molar-refractivity contribution >= 4 is 26.6 Å². The van der Waals surface area contributed by atoms with Gasteiger partial charge >= 0.3 is 0 Å². The van der Waals surface area contributed by atoms with Gasteiger partial charge in [0.2, 0.25) is 0 Å².